The third-order valence-electron chi connectivity index (χ3n) is 3.96. The van der Waals surface area contributed by atoms with E-state index in [2.05, 4.69) is 15.6 Å². The zero-order valence-corrected chi connectivity index (χ0v) is 14.5. The molecule has 2 aromatic rings. The molecule has 1 aromatic heterocycles. The van der Waals surface area contributed by atoms with Crippen LogP contribution in [0.2, 0.25) is 0 Å². The largest absolute Gasteiger partial charge is 0.444 e. The van der Waals surface area contributed by atoms with Gasteiger partial charge in [-0.15, -0.1) is 0 Å². The third kappa shape index (κ3) is 5.08. The summed E-state index contributed by atoms with van der Waals surface area (Å²) >= 11 is 0. The van der Waals surface area contributed by atoms with Gasteiger partial charge >= 0.3 is 6.03 Å². The highest BCUT2D eigenvalue weighted by atomic mass is 19.1. The fraction of sp³-hybridized carbons (Fsp3) is 0.444. The molecule has 2 rings (SSSR count). The van der Waals surface area contributed by atoms with E-state index in [0.29, 0.717) is 12.3 Å². The Balaban J connectivity index is 1.89. The van der Waals surface area contributed by atoms with E-state index in [9.17, 15) is 9.18 Å². The Bertz CT molecular complexity index is 661. The quantitative estimate of drug-likeness (QED) is 0.850. The second-order valence-corrected chi connectivity index (χ2v) is 6.26. The van der Waals surface area contributed by atoms with Crippen LogP contribution in [0.3, 0.4) is 0 Å². The van der Waals surface area contributed by atoms with Gasteiger partial charge < -0.3 is 15.1 Å². The Labute approximate surface area is 141 Å². The molecule has 6 heteroatoms. The normalized spacial score (nSPS) is 12.2. The van der Waals surface area contributed by atoms with Crippen molar-refractivity contribution < 1.29 is 13.6 Å². The van der Waals surface area contributed by atoms with Gasteiger partial charge in [0.25, 0.3) is 0 Å². The summed E-state index contributed by atoms with van der Waals surface area (Å²) in [5.74, 6) is 1.22. The van der Waals surface area contributed by atoms with Crippen LogP contribution in [0.15, 0.2) is 28.7 Å². The molecule has 5 nitrogen and oxygen atoms in total. The molecule has 1 atom stereocenters. The van der Waals surface area contributed by atoms with E-state index < -0.39 is 0 Å². The van der Waals surface area contributed by atoms with Gasteiger partial charge in [-0.05, 0) is 43.9 Å². The number of carbonyl (C=O) groups excluding carboxylic acids is 1. The Morgan fingerprint density at radius 1 is 1.25 bits per heavy atom. The minimum absolute atomic E-state index is 0.0523. The monoisotopic (exact) mass is 333 g/mol. The van der Waals surface area contributed by atoms with Crippen LogP contribution in [0.4, 0.5) is 9.18 Å². The van der Waals surface area contributed by atoms with Crippen LogP contribution in [0, 0.1) is 25.6 Å². The maximum Gasteiger partial charge on any atom is 0.315 e. The predicted molar refractivity (Wildman–Crippen MR) is 90.1 cm³/mol. The molecule has 0 radical (unpaired) electrons. The fourth-order valence-electron chi connectivity index (χ4n) is 2.32. The maximum atomic E-state index is 13.0. The van der Waals surface area contributed by atoms with Crippen molar-refractivity contribution in [1.29, 1.82) is 0 Å². The van der Waals surface area contributed by atoms with Crippen LogP contribution in [0.5, 0.6) is 0 Å². The van der Waals surface area contributed by atoms with Crippen LogP contribution in [-0.4, -0.2) is 17.1 Å². The van der Waals surface area contributed by atoms with Gasteiger partial charge in [-0.3, -0.25) is 0 Å². The highest BCUT2D eigenvalue weighted by Crippen LogP contribution is 2.12. The molecule has 130 valence electrons. The van der Waals surface area contributed by atoms with Gasteiger partial charge in [-0.1, -0.05) is 26.0 Å². The Morgan fingerprint density at radius 3 is 2.46 bits per heavy atom. The predicted octanol–water partition coefficient (Wildman–Crippen LogP) is 3.50. The smallest absolute Gasteiger partial charge is 0.315 e. The average Bonchev–Trinajstić information content (AvgIpc) is 2.85. The number of urea groups is 1. The second kappa shape index (κ2) is 7.95. The fourth-order valence-corrected chi connectivity index (χ4v) is 2.32. The van der Waals surface area contributed by atoms with Crippen molar-refractivity contribution in [3.05, 3.63) is 53.0 Å². The first-order valence-electron chi connectivity index (χ1n) is 8.07. The van der Waals surface area contributed by atoms with E-state index in [0.717, 1.165) is 17.0 Å². The molecule has 24 heavy (non-hydrogen) atoms. The van der Waals surface area contributed by atoms with E-state index in [1.807, 2.05) is 27.7 Å². The highest BCUT2D eigenvalue weighted by molar-refractivity contribution is 5.74. The molecular formula is C18H24FN3O2. The number of amides is 2. The van der Waals surface area contributed by atoms with Crippen LogP contribution in [0.25, 0.3) is 0 Å². The highest BCUT2D eigenvalue weighted by Gasteiger charge is 2.17. The van der Waals surface area contributed by atoms with Gasteiger partial charge in [-0.25, -0.2) is 14.2 Å². The number of halogens is 1. The first-order chi connectivity index (χ1) is 11.3. The number of aryl methyl sites for hydroxylation is 2. The number of oxazole rings is 1. The molecule has 1 heterocycles. The zero-order chi connectivity index (χ0) is 17.7. The molecule has 0 aliphatic rings. The summed E-state index contributed by atoms with van der Waals surface area (Å²) in [6, 6.07) is 6.01. The Kier molecular flexibility index (Phi) is 5.95. The molecule has 0 aliphatic heterocycles. The van der Waals surface area contributed by atoms with Crippen LogP contribution in [-0.2, 0) is 13.0 Å². The summed E-state index contributed by atoms with van der Waals surface area (Å²) in [6.07, 6.45) is 0.641. The van der Waals surface area contributed by atoms with Crippen molar-refractivity contribution in [3.8, 4) is 0 Å². The molecule has 2 amide bonds. The lowest BCUT2D eigenvalue weighted by Gasteiger charge is -2.22. The molecule has 0 saturated heterocycles. The molecule has 0 fully saturated rings. The van der Waals surface area contributed by atoms with Crippen molar-refractivity contribution in [2.24, 2.45) is 5.92 Å². The van der Waals surface area contributed by atoms with E-state index in [1.54, 1.807) is 12.1 Å². The van der Waals surface area contributed by atoms with Crippen molar-refractivity contribution in [3.63, 3.8) is 0 Å². The number of nitrogens with one attached hydrogen (secondary N) is 2. The number of benzene rings is 1. The van der Waals surface area contributed by atoms with E-state index in [4.69, 9.17) is 4.42 Å². The van der Waals surface area contributed by atoms with E-state index >= 15 is 0 Å². The lowest BCUT2D eigenvalue weighted by molar-refractivity contribution is 0.231. The standard InChI is InChI=1S/C18H24FN3O2/c1-11(2)16(9-14-5-7-15(19)8-6-14)22-18(23)20-10-17-21-12(3)13(4)24-17/h5-8,11,16H,9-10H2,1-4H3,(H2,20,22,23). The first-order valence-corrected chi connectivity index (χ1v) is 8.07. The van der Waals surface area contributed by atoms with Crippen molar-refractivity contribution >= 4 is 6.03 Å². The number of rotatable bonds is 6. The summed E-state index contributed by atoms with van der Waals surface area (Å²) in [6.45, 7) is 8.01. The van der Waals surface area contributed by atoms with Crippen molar-refractivity contribution in [1.82, 2.24) is 15.6 Å². The zero-order valence-electron chi connectivity index (χ0n) is 14.5. The molecule has 0 bridgehead atoms. The summed E-state index contributed by atoms with van der Waals surface area (Å²) in [5.41, 5.74) is 1.80. The lowest BCUT2D eigenvalue weighted by Crippen LogP contribution is -2.45. The molecule has 1 unspecified atom stereocenters. The van der Waals surface area contributed by atoms with Crippen LogP contribution in [0.1, 0.15) is 36.8 Å². The Hall–Kier alpha value is -2.37. The van der Waals surface area contributed by atoms with Crippen molar-refractivity contribution in [2.75, 3.05) is 0 Å². The summed E-state index contributed by atoms with van der Waals surface area (Å²) in [7, 11) is 0. The van der Waals surface area contributed by atoms with E-state index in [1.165, 1.54) is 12.1 Å². The third-order valence-corrected chi connectivity index (χ3v) is 3.96. The van der Waals surface area contributed by atoms with Crippen LogP contribution < -0.4 is 10.6 Å². The summed E-state index contributed by atoms with van der Waals surface area (Å²) in [4.78, 5) is 16.3. The van der Waals surface area contributed by atoms with Gasteiger partial charge in [-0.2, -0.15) is 0 Å². The van der Waals surface area contributed by atoms with Gasteiger partial charge in [0.15, 0.2) is 0 Å². The van der Waals surface area contributed by atoms with Gasteiger partial charge in [0.05, 0.1) is 12.2 Å². The number of aromatic nitrogens is 1. The Morgan fingerprint density at radius 2 is 1.92 bits per heavy atom. The van der Waals surface area contributed by atoms with Crippen molar-refractivity contribution in [2.45, 2.75) is 46.7 Å². The SMILES string of the molecule is Cc1nc(CNC(=O)NC(Cc2ccc(F)cc2)C(C)C)oc1C. The van der Waals surface area contributed by atoms with Gasteiger partial charge in [0.2, 0.25) is 5.89 Å². The number of hydrogen-bond donors (Lipinski definition) is 2. The molecule has 2 N–H and O–H groups in total. The number of carbonyl (C=O) groups is 1. The molecule has 0 aliphatic carbocycles. The summed E-state index contributed by atoms with van der Waals surface area (Å²) in [5, 5.41) is 5.71. The lowest BCUT2D eigenvalue weighted by atomic mass is 9.96. The summed E-state index contributed by atoms with van der Waals surface area (Å²) < 4.78 is 18.4. The first kappa shape index (κ1) is 18.0. The van der Waals surface area contributed by atoms with E-state index in [-0.39, 0.29) is 30.4 Å². The minimum Gasteiger partial charge on any atom is -0.444 e. The average molecular weight is 333 g/mol. The number of hydrogen-bond acceptors (Lipinski definition) is 3. The van der Waals surface area contributed by atoms with Gasteiger partial charge in [0.1, 0.15) is 11.6 Å². The second-order valence-electron chi connectivity index (χ2n) is 6.26. The molecular weight excluding hydrogens is 309 g/mol. The molecule has 0 spiro atoms. The topological polar surface area (TPSA) is 67.2 Å². The molecule has 1 aromatic carbocycles. The number of nitrogens with zero attached hydrogens (tertiary/aromatic N) is 1. The molecule has 0 saturated carbocycles. The van der Waals surface area contributed by atoms with Gasteiger partial charge in [0, 0.05) is 6.04 Å². The minimum atomic E-state index is -0.274. The van der Waals surface area contributed by atoms with Crippen LogP contribution >= 0.6 is 0 Å². The maximum absolute atomic E-state index is 13.0.